The highest BCUT2D eigenvalue weighted by molar-refractivity contribution is 5.55. The van der Waals surface area contributed by atoms with Crippen LogP contribution in [0.25, 0.3) is 0 Å². The number of nitrogens with two attached hydrogens (primary N) is 1. The number of hydrogen-bond acceptors (Lipinski definition) is 5. The molecule has 1 fully saturated rings. The van der Waals surface area contributed by atoms with Crippen molar-refractivity contribution in [3.8, 4) is 11.5 Å². The fraction of sp³-hybridized carbons (Fsp3) is 0.500. The van der Waals surface area contributed by atoms with Gasteiger partial charge in [0.15, 0.2) is 11.5 Å². The van der Waals surface area contributed by atoms with Gasteiger partial charge in [0.2, 0.25) is 0 Å². The summed E-state index contributed by atoms with van der Waals surface area (Å²) in [5, 5.41) is 11.1. The second-order valence-electron chi connectivity index (χ2n) is 4.39. The Hall–Kier alpha value is -1.82. The Kier molecular flexibility index (Phi) is 3.38. The second-order valence-corrected chi connectivity index (χ2v) is 4.39. The molecule has 0 aromatic heterocycles. The van der Waals surface area contributed by atoms with Crippen LogP contribution in [0.1, 0.15) is 24.4 Å². The van der Waals surface area contributed by atoms with Gasteiger partial charge in [-0.2, -0.15) is 0 Å². The van der Waals surface area contributed by atoms with Crippen LogP contribution in [0.2, 0.25) is 0 Å². The van der Waals surface area contributed by atoms with E-state index in [1.54, 1.807) is 6.07 Å². The molecule has 1 aromatic rings. The lowest BCUT2D eigenvalue weighted by Gasteiger charge is -2.14. The average Bonchev–Trinajstić information content (AvgIpc) is 3.20. The van der Waals surface area contributed by atoms with Crippen molar-refractivity contribution in [1.82, 2.24) is 0 Å². The molecule has 1 aliphatic rings. The van der Waals surface area contributed by atoms with Crippen LogP contribution >= 0.6 is 0 Å². The van der Waals surface area contributed by atoms with E-state index in [1.807, 2.05) is 0 Å². The van der Waals surface area contributed by atoms with E-state index in [4.69, 9.17) is 15.2 Å². The number of ether oxygens (including phenoxy) is 2. The largest absolute Gasteiger partial charge is 0.493 e. The van der Waals surface area contributed by atoms with Gasteiger partial charge in [-0.25, -0.2) is 0 Å². The zero-order valence-electron chi connectivity index (χ0n) is 10.4. The lowest BCUT2D eigenvalue weighted by Crippen LogP contribution is -2.14. The molecule has 0 unspecified atom stereocenters. The Bertz CT molecular complexity index is 471. The minimum Gasteiger partial charge on any atom is -0.493 e. The van der Waals surface area contributed by atoms with E-state index in [1.165, 1.54) is 20.3 Å². The number of methoxy groups -OCH3 is 2. The molecule has 6 nitrogen and oxygen atoms in total. The predicted molar refractivity (Wildman–Crippen MR) is 65.9 cm³/mol. The first-order valence-corrected chi connectivity index (χ1v) is 5.74. The summed E-state index contributed by atoms with van der Waals surface area (Å²) < 4.78 is 10.2. The number of benzene rings is 1. The van der Waals surface area contributed by atoms with Crippen molar-refractivity contribution in [2.24, 2.45) is 11.7 Å². The Labute approximate surface area is 105 Å². The molecule has 2 N–H and O–H groups in total. The van der Waals surface area contributed by atoms with Crippen molar-refractivity contribution in [3.63, 3.8) is 0 Å². The fourth-order valence-corrected chi connectivity index (χ4v) is 2.02. The molecule has 1 saturated carbocycles. The maximum absolute atomic E-state index is 11.1. The molecule has 98 valence electrons. The Balaban J connectivity index is 2.50. The minimum atomic E-state index is -0.431. The van der Waals surface area contributed by atoms with Crippen molar-refractivity contribution >= 4 is 5.69 Å². The van der Waals surface area contributed by atoms with Crippen LogP contribution in [0.4, 0.5) is 5.69 Å². The summed E-state index contributed by atoms with van der Waals surface area (Å²) in [5.74, 6) is 1.15. The minimum absolute atomic E-state index is 0.00736. The van der Waals surface area contributed by atoms with Gasteiger partial charge in [0.05, 0.1) is 30.8 Å². The summed E-state index contributed by atoms with van der Waals surface area (Å²) in [6.07, 6.45) is 2.04. The van der Waals surface area contributed by atoms with E-state index >= 15 is 0 Å². The molecule has 6 heteroatoms. The highest BCUT2D eigenvalue weighted by Gasteiger charge is 2.34. The first-order valence-electron chi connectivity index (χ1n) is 5.74. The van der Waals surface area contributed by atoms with Gasteiger partial charge < -0.3 is 15.2 Å². The molecule has 1 aliphatic carbocycles. The molecular weight excluding hydrogens is 236 g/mol. The third kappa shape index (κ3) is 2.24. The van der Waals surface area contributed by atoms with Crippen molar-refractivity contribution in [2.75, 3.05) is 14.2 Å². The standard InChI is InChI=1S/C12H16N2O4/c1-17-10-5-8(12(13)7-3-4-7)9(14(15)16)6-11(10)18-2/h5-7,12H,3-4,13H2,1-2H3/t12-/m1/s1. The Morgan fingerprint density at radius 2 is 1.89 bits per heavy atom. The smallest absolute Gasteiger partial charge is 0.278 e. The molecule has 0 saturated heterocycles. The maximum Gasteiger partial charge on any atom is 0.278 e. The first-order chi connectivity index (χ1) is 8.58. The van der Waals surface area contributed by atoms with E-state index in [-0.39, 0.29) is 11.7 Å². The quantitative estimate of drug-likeness (QED) is 0.639. The van der Waals surface area contributed by atoms with E-state index in [9.17, 15) is 10.1 Å². The third-order valence-corrected chi connectivity index (χ3v) is 3.22. The maximum atomic E-state index is 11.1. The van der Waals surface area contributed by atoms with Crippen molar-refractivity contribution in [2.45, 2.75) is 18.9 Å². The number of rotatable bonds is 5. The number of nitro groups is 1. The molecule has 18 heavy (non-hydrogen) atoms. The van der Waals surface area contributed by atoms with Gasteiger partial charge in [0.1, 0.15) is 0 Å². The van der Waals surface area contributed by atoms with Gasteiger partial charge in [0, 0.05) is 6.04 Å². The van der Waals surface area contributed by atoms with Gasteiger partial charge >= 0.3 is 0 Å². The molecule has 0 aliphatic heterocycles. The summed E-state index contributed by atoms with van der Waals surface area (Å²) in [5.41, 5.74) is 6.56. The van der Waals surface area contributed by atoms with Gasteiger partial charge in [-0.05, 0) is 24.8 Å². The van der Waals surface area contributed by atoms with E-state index in [0.717, 1.165) is 12.8 Å². The van der Waals surface area contributed by atoms with Gasteiger partial charge in [-0.15, -0.1) is 0 Å². The van der Waals surface area contributed by atoms with Crippen LogP contribution in [0, 0.1) is 16.0 Å². The first kappa shape index (κ1) is 12.6. The van der Waals surface area contributed by atoms with Gasteiger partial charge in [-0.1, -0.05) is 0 Å². The molecule has 0 heterocycles. The third-order valence-electron chi connectivity index (χ3n) is 3.22. The second kappa shape index (κ2) is 4.81. The van der Waals surface area contributed by atoms with E-state index in [0.29, 0.717) is 23.0 Å². The molecule has 2 rings (SSSR count). The summed E-state index contributed by atoms with van der Waals surface area (Å²) >= 11 is 0. The fourth-order valence-electron chi connectivity index (χ4n) is 2.02. The number of hydrogen-bond donors (Lipinski definition) is 1. The summed E-state index contributed by atoms with van der Waals surface area (Å²) in [7, 11) is 2.94. The molecule has 0 radical (unpaired) electrons. The summed E-state index contributed by atoms with van der Waals surface area (Å²) in [6, 6.07) is 2.67. The van der Waals surface area contributed by atoms with Crippen LogP contribution in [-0.2, 0) is 0 Å². The van der Waals surface area contributed by atoms with E-state index in [2.05, 4.69) is 0 Å². The number of nitrogens with zero attached hydrogens (tertiary/aromatic N) is 1. The monoisotopic (exact) mass is 252 g/mol. The van der Waals surface area contributed by atoms with Crippen molar-refractivity contribution < 1.29 is 14.4 Å². The summed E-state index contributed by atoms with van der Waals surface area (Å²) in [6.45, 7) is 0. The molecular formula is C12H16N2O4. The van der Waals surface area contributed by atoms with Gasteiger partial charge in [0.25, 0.3) is 5.69 Å². The van der Waals surface area contributed by atoms with Crippen LogP contribution < -0.4 is 15.2 Å². The molecule has 0 spiro atoms. The van der Waals surface area contributed by atoms with E-state index < -0.39 is 4.92 Å². The topological polar surface area (TPSA) is 87.6 Å². The SMILES string of the molecule is COc1cc([C@H](N)C2CC2)c([N+](=O)[O-])cc1OC. The average molecular weight is 252 g/mol. The predicted octanol–water partition coefficient (Wildman–Crippen LogP) is 2.02. The lowest BCUT2D eigenvalue weighted by molar-refractivity contribution is -0.385. The molecule has 0 amide bonds. The van der Waals surface area contributed by atoms with Crippen LogP contribution in [-0.4, -0.2) is 19.1 Å². The highest BCUT2D eigenvalue weighted by atomic mass is 16.6. The Morgan fingerprint density at radius 1 is 1.33 bits per heavy atom. The zero-order valence-corrected chi connectivity index (χ0v) is 10.4. The molecule has 0 bridgehead atoms. The zero-order chi connectivity index (χ0) is 13.3. The summed E-state index contributed by atoms with van der Waals surface area (Å²) in [4.78, 5) is 10.7. The number of nitro benzene ring substituents is 1. The van der Waals surface area contributed by atoms with Crippen molar-refractivity contribution in [3.05, 3.63) is 27.8 Å². The Morgan fingerprint density at radius 3 is 2.33 bits per heavy atom. The van der Waals surface area contributed by atoms with Crippen LogP contribution in [0.5, 0.6) is 11.5 Å². The van der Waals surface area contributed by atoms with Crippen LogP contribution in [0.15, 0.2) is 12.1 Å². The lowest BCUT2D eigenvalue weighted by atomic mass is 10.0. The van der Waals surface area contributed by atoms with Crippen molar-refractivity contribution in [1.29, 1.82) is 0 Å². The normalized spacial score (nSPS) is 16.2. The molecule has 1 aromatic carbocycles. The molecule has 1 atom stereocenters. The van der Waals surface area contributed by atoms with Gasteiger partial charge in [-0.3, -0.25) is 10.1 Å². The highest BCUT2D eigenvalue weighted by Crippen LogP contribution is 2.45. The van der Waals surface area contributed by atoms with Crippen LogP contribution in [0.3, 0.4) is 0 Å².